The number of nitrogens with zero attached hydrogens (tertiary/aromatic N) is 2. The van der Waals surface area contributed by atoms with Crippen molar-refractivity contribution in [3.8, 4) is 0 Å². The van der Waals surface area contributed by atoms with Crippen LogP contribution in [-0.4, -0.2) is 16.0 Å². The van der Waals surface area contributed by atoms with E-state index in [0.29, 0.717) is 12.8 Å². The van der Waals surface area contributed by atoms with Crippen LogP contribution in [0.3, 0.4) is 0 Å². The molecule has 1 N–H and O–H groups in total. The third-order valence-corrected chi connectivity index (χ3v) is 5.84. The Labute approximate surface area is 158 Å². The highest BCUT2D eigenvalue weighted by atomic mass is 35.5. The molecule has 0 spiro atoms. The van der Waals surface area contributed by atoms with E-state index in [4.69, 9.17) is 16.1 Å². The number of carbonyl (C=O) groups excluding carboxylic acids is 1. The standard InChI is InChI=1S/C17H16ClN3O2S2/c1-10-9-24-17(19-10)25-13-5-3-12(4-6-13)20-15(22)8-7-14-11(2)21-23-16(14)18/h3-6,9H,7-8H2,1-2H3,(H,20,22). The minimum absolute atomic E-state index is 0.0763. The lowest BCUT2D eigenvalue weighted by atomic mass is 10.1. The molecule has 0 aliphatic heterocycles. The van der Waals surface area contributed by atoms with Crippen molar-refractivity contribution in [1.29, 1.82) is 0 Å². The molecule has 25 heavy (non-hydrogen) atoms. The number of nitrogens with one attached hydrogen (secondary N) is 1. The highest BCUT2D eigenvalue weighted by Crippen LogP contribution is 2.30. The minimum Gasteiger partial charge on any atom is -0.344 e. The van der Waals surface area contributed by atoms with Crippen LogP contribution in [0.25, 0.3) is 0 Å². The van der Waals surface area contributed by atoms with Crippen molar-refractivity contribution in [2.24, 2.45) is 0 Å². The van der Waals surface area contributed by atoms with Gasteiger partial charge in [0.1, 0.15) is 0 Å². The number of carbonyl (C=O) groups is 1. The molecule has 3 aromatic rings. The quantitative estimate of drug-likeness (QED) is 0.629. The monoisotopic (exact) mass is 393 g/mol. The summed E-state index contributed by atoms with van der Waals surface area (Å²) in [6.45, 7) is 3.79. The Kier molecular flexibility index (Phi) is 5.78. The van der Waals surface area contributed by atoms with Gasteiger partial charge in [0.15, 0.2) is 4.34 Å². The summed E-state index contributed by atoms with van der Waals surface area (Å²) in [6, 6.07) is 7.71. The first-order valence-corrected chi connectivity index (χ1v) is 9.69. The number of rotatable bonds is 6. The van der Waals surface area contributed by atoms with Gasteiger partial charge in [-0.15, -0.1) is 11.3 Å². The van der Waals surface area contributed by atoms with Crippen molar-refractivity contribution in [3.63, 3.8) is 0 Å². The van der Waals surface area contributed by atoms with Crippen molar-refractivity contribution in [3.05, 3.63) is 51.8 Å². The number of benzene rings is 1. The molecular formula is C17H16ClN3O2S2. The third-order valence-electron chi connectivity index (χ3n) is 3.48. The Balaban J connectivity index is 1.53. The van der Waals surface area contributed by atoms with Crippen molar-refractivity contribution >= 4 is 46.3 Å². The number of hydrogen-bond acceptors (Lipinski definition) is 6. The number of aromatic nitrogens is 2. The molecule has 0 fully saturated rings. The molecule has 130 valence electrons. The molecule has 2 aromatic heterocycles. The maximum atomic E-state index is 12.1. The fraction of sp³-hybridized carbons (Fsp3) is 0.235. The van der Waals surface area contributed by atoms with Gasteiger partial charge in [-0.05, 0) is 56.1 Å². The van der Waals surface area contributed by atoms with Crippen LogP contribution in [0.15, 0.2) is 43.4 Å². The van der Waals surface area contributed by atoms with Gasteiger partial charge in [-0.1, -0.05) is 16.9 Å². The molecule has 0 radical (unpaired) electrons. The molecule has 0 saturated heterocycles. The topological polar surface area (TPSA) is 68.0 Å². The second kappa shape index (κ2) is 8.03. The van der Waals surface area contributed by atoms with Crippen LogP contribution in [-0.2, 0) is 11.2 Å². The van der Waals surface area contributed by atoms with E-state index in [1.807, 2.05) is 43.5 Å². The SMILES string of the molecule is Cc1csc(Sc2ccc(NC(=O)CCc3c(C)noc3Cl)cc2)n1. The normalized spacial score (nSPS) is 10.8. The lowest BCUT2D eigenvalue weighted by Crippen LogP contribution is -2.12. The summed E-state index contributed by atoms with van der Waals surface area (Å²) in [5.41, 5.74) is 3.29. The second-order valence-electron chi connectivity index (χ2n) is 5.45. The number of aryl methyl sites for hydroxylation is 2. The molecule has 0 unspecified atom stereocenters. The van der Waals surface area contributed by atoms with Crippen LogP contribution in [0.1, 0.15) is 23.4 Å². The van der Waals surface area contributed by atoms with Gasteiger partial charge in [0.2, 0.25) is 11.1 Å². The van der Waals surface area contributed by atoms with E-state index in [9.17, 15) is 4.79 Å². The average Bonchev–Trinajstić information content (AvgIpc) is 3.13. The molecule has 0 saturated carbocycles. The smallest absolute Gasteiger partial charge is 0.229 e. The van der Waals surface area contributed by atoms with E-state index in [1.165, 1.54) is 0 Å². The maximum Gasteiger partial charge on any atom is 0.229 e. The first kappa shape index (κ1) is 18.0. The summed E-state index contributed by atoms with van der Waals surface area (Å²) in [5, 5.41) is 8.94. The Morgan fingerprint density at radius 3 is 2.68 bits per heavy atom. The van der Waals surface area contributed by atoms with E-state index in [0.717, 1.165) is 31.9 Å². The molecular weight excluding hydrogens is 378 g/mol. The molecule has 0 aliphatic rings. The fourth-order valence-corrected chi connectivity index (χ4v) is 4.26. The third kappa shape index (κ3) is 4.84. The summed E-state index contributed by atoms with van der Waals surface area (Å²) < 4.78 is 5.90. The van der Waals surface area contributed by atoms with Crippen LogP contribution < -0.4 is 5.32 Å². The lowest BCUT2D eigenvalue weighted by Gasteiger charge is -2.06. The molecule has 8 heteroatoms. The minimum atomic E-state index is -0.0763. The van der Waals surface area contributed by atoms with Gasteiger partial charge < -0.3 is 9.84 Å². The van der Waals surface area contributed by atoms with E-state index >= 15 is 0 Å². The fourth-order valence-electron chi connectivity index (χ4n) is 2.19. The number of thiazole rings is 1. The molecule has 0 aliphatic carbocycles. The van der Waals surface area contributed by atoms with Crippen molar-refractivity contribution in [2.45, 2.75) is 35.9 Å². The van der Waals surface area contributed by atoms with Gasteiger partial charge in [0.05, 0.1) is 5.69 Å². The Hall–Kier alpha value is -1.83. The zero-order chi connectivity index (χ0) is 17.8. The average molecular weight is 394 g/mol. The first-order chi connectivity index (χ1) is 12.0. The van der Waals surface area contributed by atoms with Crippen molar-refractivity contribution in [1.82, 2.24) is 10.1 Å². The largest absolute Gasteiger partial charge is 0.344 e. The van der Waals surface area contributed by atoms with Crippen molar-refractivity contribution < 1.29 is 9.32 Å². The molecule has 2 heterocycles. The van der Waals surface area contributed by atoms with E-state index in [1.54, 1.807) is 23.1 Å². The predicted octanol–water partition coefficient (Wildman–Crippen LogP) is 5.12. The van der Waals surface area contributed by atoms with E-state index < -0.39 is 0 Å². The number of amides is 1. The van der Waals surface area contributed by atoms with E-state index in [-0.39, 0.29) is 11.1 Å². The van der Waals surface area contributed by atoms with Gasteiger partial charge in [-0.2, -0.15) is 0 Å². The van der Waals surface area contributed by atoms with E-state index in [2.05, 4.69) is 15.5 Å². The van der Waals surface area contributed by atoms with Crippen molar-refractivity contribution in [2.75, 3.05) is 5.32 Å². The van der Waals surface area contributed by atoms with Crippen LogP contribution in [0.2, 0.25) is 5.22 Å². The molecule has 1 amide bonds. The summed E-state index contributed by atoms with van der Waals surface area (Å²) in [6.07, 6.45) is 0.813. The van der Waals surface area contributed by atoms with Gasteiger partial charge in [-0.25, -0.2) is 4.98 Å². The predicted molar refractivity (Wildman–Crippen MR) is 101 cm³/mol. The van der Waals surface area contributed by atoms with Gasteiger partial charge in [0.25, 0.3) is 0 Å². The zero-order valence-electron chi connectivity index (χ0n) is 13.7. The Morgan fingerprint density at radius 1 is 1.32 bits per heavy atom. The summed E-state index contributed by atoms with van der Waals surface area (Å²) in [7, 11) is 0. The van der Waals surface area contributed by atoms with Gasteiger partial charge in [-0.3, -0.25) is 4.79 Å². The summed E-state index contributed by atoms with van der Waals surface area (Å²) in [4.78, 5) is 17.6. The molecule has 3 rings (SSSR count). The van der Waals surface area contributed by atoms with Crippen LogP contribution in [0, 0.1) is 13.8 Å². The first-order valence-electron chi connectivity index (χ1n) is 7.62. The van der Waals surface area contributed by atoms with Crippen LogP contribution in [0.4, 0.5) is 5.69 Å². The van der Waals surface area contributed by atoms with Crippen LogP contribution >= 0.6 is 34.7 Å². The number of halogens is 1. The van der Waals surface area contributed by atoms with Crippen LogP contribution in [0.5, 0.6) is 0 Å². The maximum absolute atomic E-state index is 12.1. The zero-order valence-corrected chi connectivity index (χ0v) is 16.1. The summed E-state index contributed by atoms with van der Waals surface area (Å²) >= 11 is 9.14. The summed E-state index contributed by atoms with van der Waals surface area (Å²) in [5.74, 6) is -0.0763. The Morgan fingerprint density at radius 2 is 2.08 bits per heavy atom. The van der Waals surface area contributed by atoms with Gasteiger partial charge >= 0.3 is 0 Å². The molecule has 1 aromatic carbocycles. The molecule has 0 atom stereocenters. The number of anilines is 1. The lowest BCUT2D eigenvalue weighted by molar-refractivity contribution is -0.116. The highest BCUT2D eigenvalue weighted by molar-refractivity contribution is 8.01. The van der Waals surface area contributed by atoms with Gasteiger partial charge in [0, 0.05) is 33.6 Å². The highest BCUT2D eigenvalue weighted by Gasteiger charge is 2.13. The Bertz CT molecular complexity index is 855. The number of hydrogen-bond donors (Lipinski definition) is 1. The molecule has 5 nitrogen and oxygen atoms in total. The molecule has 0 bridgehead atoms. The second-order valence-corrected chi connectivity index (χ2v) is 7.97.